The Bertz CT molecular complexity index is 96.6. The molecular weight excluding hydrogens is 106 g/mol. The summed E-state index contributed by atoms with van der Waals surface area (Å²) in [5.74, 6) is -0.888. The van der Waals surface area contributed by atoms with Crippen molar-refractivity contribution in [2.24, 2.45) is 5.92 Å². The Balaban J connectivity index is 2.35. The molecule has 3 nitrogen and oxygen atoms in total. The lowest BCUT2D eigenvalue weighted by Gasteiger charge is -1.96. The summed E-state index contributed by atoms with van der Waals surface area (Å²) in [7, 11) is 0. The van der Waals surface area contributed by atoms with Crippen LogP contribution in [0.1, 0.15) is 6.42 Å². The van der Waals surface area contributed by atoms with Crippen LogP contribution in [0.5, 0.6) is 0 Å². The third-order valence-corrected chi connectivity index (χ3v) is 1.26. The van der Waals surface area contributed by atoms with Crippen molar-refractivity contribution in [1.82, 2.24) is 5.32 Å². The summed E-state index contributed by atoms with van der Waals surface area (Å²) < 4.78 is 0. The van der Waals surface area contributed by atoms with Gasteiger partial charge in [-0.25, -0.2) is 0 Å². The van der Waals surface area contributed by atoms with E-state index in [0.717, 1.165) is 0 Å². The van der Waals surface area contributed by atoms with Gasteiger partial charge in [0.05, 0.1) is 5.92 Å². The highest BCUT2D eigenvalue weighted by Gasteiger charge is 2.20. The van der Waals surface area contributed by atoms with Crippen LogP contribution in [0.25, 0.3) is 0 Å². The Kier molecular flexibility index (Phi) is 1.48. The lowest BCUT2D eigenvalue weighted by molar-refractivity contribution is -0.140. The number of aliphatic carboxylic acids is 1. The van der Waals surface area contributed by atoms with Crippen molar-refractivity contribution in [3.63, 3.8) is 0 Å². The van der Waals surface area contributed by atoms with Gasteiger partial charge in [0.15, 0.2) is 0 Å². The Morgan fingerprint density at radius 1 is 1.88 bits per heavy atom. The highest BCUT2D eigenvalue weighted by atomic mass is 16.4. The molecule has 1 saturated heterocycles. The lowest BCUT2D eigenvalue weighted by Crippen LogP contribution is -2.16. The zero-order chi connectivity index (χ0) is 5.98. The van der Waals surface area contributed by atoms with Gasteiger partial charge in [0, 0.05) is 13.1 Å². The molecule has 0 aromatic carbocycles. The number of carboxylic acid groups (broad SMARTS) is 1. The van der Waals surface area contributed by atoms with Crippen LogP contribution >= 0.6 is 0 Å². The van der Waals surface area contributed by atoms with E-state index in [1.807, 2.05) is 0 Å². The number of hydrogen-bond acceptors (Lipinski definition) is 2. The van der Waals surface area contributed by atoms with Gasteiger partial charge in [0.25, 0.3) is 0 Å². The molecule has 0 aromatic heterocycles. The Hall–Kier alpha value is -0.570. The summed E-state index contributed by atoms with van der Waals surface area (Å²) in [6, 6.07) is 0. The zero-order valence-electron chi connectivity index (χ0n) is 4.42. The van der Waals surface area contributed by atoms with Crippen molar-refractivity contribution in [3.05, 3.63) is 6.54 Å². The maximum atomic E-state index is 10.1. The van der Waals surface area contributed by atoms with Crippen LogP contribution in [-0.2, 0) is 4.79 Å². The quantitative estimate of drug-likeness (QED) is 0.498. The van der Waals surface area contributed by atoms with E-state index in [0.29, 0.717) is 13.0 Å². The minimum atomic E-state index is -0.703. The number of rotatable bonds is 1. The zero-order valence-corrected chi connectivity index (χ0v) is 4.42. The van der Waals surface area contributed by atoms with E-state index in [-0.39, 0.29) is 5.92 Å². The molecule has 0 saturated carbocycles. The van der Waals surface area contributed by atoms with Gasteiger partial charge in [-0.1, -0.05) is 0 Å². The maximum absolute atomic E-state index is 10.1. The van der Waals surface area contributed by atoms with Gasteiger partial charge < -0.3 is 10.4 Å². The first-order chi connectivity index (χ1) is 3.80. The molecule has 1 unspecified atom stereocenters. The SMILES string of the molecule is O=C(O)C1C[CH]NC1. The molecule has 1 aliphatic rings. The minimum absolute atomic E-state index is 0.185. The largest absolute Gasteiger partial charge is 0.481 e. The average molecular weight is 114 g/mol. The second-order valence-electron chi connectivity index (χ2n) is 1.88. The molecule has 1 aliphatic heterocycles. The topological polar surface area (TPSA) is 49.3 Å². The molecule has 1 atom stereocenters. The van der Waals surface area contributed by atoms with Crippen LogP contribution in [-0.4, -0.2) is 17.6 Å². The summed E-state index contributed by atoms with van der Waals surface area (Å²) in [5, 5.41) is 11.2. The van der Waals surface area contributed by atoms with Gasteiger partial charge in [-0.15, -0.1) is 0 Å². The molecular formula is C5H8NO2. The third kappa shape index (κ3) is 0.980. The van der Waals surface area contributed by atoms with Crippen LogP contribution < -0.4 is 5.32 Å². The Morgan fingerprint density at radius 3 is 2.88 bits per heavy atom. The van der Waals surface area contributed by atoms with Gasteiger partial charge >= 0.3 is 5.97 Å². The van der Waals surface area contributed by atoms with E-state index in [1.54, 1.807) is 6.54 Å². The van der Waals surface area contributed by atoms with E-state index in [2.05, 4.69) is 5.32 Å². The summed E-state index contributed by atoms with van der Waals surface area (Å²) in [4.78, 5) is 10.1. The van der Waals surface area contributed by atoms with Crippen LogP contribution in [0.4, 0.5) is 0 Å². The Labute approximate surface area is 47.7 Å². The maximum Gasteiger partial charge on any atom is 0.307 e. The average Bonchev–Trinajstić information content (AvgIpc) is 2.12. The molecule has 0 aliphatic carbocycles. The molecule has 2 N–H and O–H groups in total. The van der Waals surface area contributed by atoms with Crippen LogP contribution in [0.2, 0.25) is 0 Å². The first-order valence-corrected chi connectivity index (χ1v) is 2.58. The van der Waals surface area contributed by atoms with Crippen LogP contribution in [0, 0.1) is 12.5 Å². The van der Waals surface area contributed by atoms with Crippen molar-refractivity contribution in [2.75, 3.05) is 6.54 Å². The summed E-state index contributed by atoms with van der Waals surface area (Å²) in [6.07, 6.45) is 0.662. The van der Waals surface area contributed by atoms with E-state index in [4.69, 9.17) is 5.11 Å². The standard InChI is InChI=1S/C5H8NO2/c7-5(8)4-1-2-6-3-4/h2,4,6H,1,3H2,(H,7,8). The first-order valence-electron chi connectivity index (χ1n) is 2.58. The molecule has 8 heavy (non-hydrogen) atoms. The van der Waals surface area contributed by atoms with Crippen molar-refractivity contribution < 1.29 is 9.90 Å². The third-order valence-electron chi connectivity index (χ3n) is 1.26. The van der Waals surface area contributed by atoms with E-state index >= 15 is 0 Å². The van der Waals surface area contributed by atoms with Gasteiger partial charge in [0.1, 0.15) is 0 Å². The van der Waals surface area contributed by atoms with Crippen molar-refractivity contribution in [1.29, 1.82) is 0 Å². The highest BCUT2D eigenvalue weighted by molar-refractivity contribution is 5.70. The molecule has 0 spiro atoms. The summed E-state index contributed by atoms with van der Waals surface area (Å²) in [6.45, 7) is 2.38. The Morgan fingerprint density at radius 2 is 2.62 bits per heavy atom. The van der Waals surface area contributed by atoms with E-state index in [9.17, 15) is 4.79 Å². The monoisotopic (exact) mass is 114 g/mol. The fourth-order valence-electron chi connectivity index (χ4n) is 0.723. The molecule has 1 heterocycles. The van der Waals surface area contributed by atoms with Crippen molar-refractivity contribution in [2.45, 2.75) is 6.42 Å². The first kappa shape index (κ1) is 5.56. The van der Waals surface area contributed by atoms with Gasteiger partial charge in [-0.2, -0.15) is 0 Å². The number of carboxylic acids is 1. The second-order valence-corrected chi connectivity index (χ2v) is 1.88. The van der Waals surface area contributed by atoms with E-state index in [1.165, 1.54) is 0 Å². The molecule has 1 radical (unpaired) electrons. The van der Waals surface area contributed by atoms with Crippen molar-refractivity contribution in [3.8, 4) is 0 Å². The predicted molar refractivity (Wildman–Crippen MR) is 28.0 cm³/mol. The molecule has 45 valence electrons. The molecule has 0 bridgehead atoms. The normalized spacial score (nSPS) is 28.2. The summed E-state index contributed by atoms with van der Waals surface area (Å²) >= 11 is 0. The molecule has 1 rings (SSSR count). The number of nitrogens with one attached hydrogen (secondary N) is 1. The molecule has 0 aromatic rings. The second kappa shape index (κ2) is 2.13. The summed E-state index contributed by atoms with van der Waals surface area (Å²) in [5.41, 5.74) is 0. The van der Waals surface area contributed by atoms with Crippen LogP contribution in [0.3, 0.4) is 0 Å². The molecule has 1 fully saturated rings. The highest BCUT2D eigenvalue weighted by Crippen LogP contribution is 2.09. The van der Waals surface area contributed by atoms with E-state index < -0.39 is 5.97 Å². The van der Waals surface area contributed by atoms with Gasteiger partial charge in [-0.05, 0) is 6.42 Å². The smallest absolute Gasteiger partial charge is 0.307 e. The molecule has 3 heteroatoms. The van der Waals surface area contributed by atoms with Gasteiger partial charge in [0.2, 0.25) is 0 Å². The fraction of sp³-hybridized carbons (Fsp3) is 0.600. The minimum Gasteiger partial charge on any atom is -0.481 e. The fourth-order valence-corrected chi connectivity index (χ4v) is 0.723. The number of hydrogen-bond donors (Lipinski definition) is 2. The molecule has 0 amide bonds. The van der Waals surface area contributed by atoms with Crippen molar-refractivity contribution >= 4 is 5.97 Å². The van der Waals surface area contributed by atoms with Crippen LogP contribution in [0.15, 0.2) is 0 Å². The number of carbonyl (C=O) groups is 1. The van der Waals surface area contributed by atoms with Gasteiger partial charge in [-0.3, -0.25) is 4.79 Å². The lowest BCUT2D eigenvalue weighted by atomic mass is 10.1. The predicted octanol–water partition coefficient (Wildman–Crippen LogP) is -0.158.